The molecule has 0 radical (unpaired) electrons. The Morgan fingerprint density at radius 2 is 2.22 bits per heavy atom. The van der Waals surface area contributed by atoms with Crippen molar-refractivity contribution in [2.24, 2.45) is 5.92 Å². The molecule has 1 fully saturated rings. The summed E-state index contributed by atoms with van der Waals surface area (Å²) in [7, 11) is 0. The average Bonchev–Trinajstić information content (AvgIpc) is 2.52. The molecule has 1 aliphatic heterocycles. The lowest BCUT2D eigenvalue weighted by Gasteiger charge is -2.35. The van der Waals surface area contributed by atoms with Crippen LogP contribution in [0, 0.1) is 5.92 Å². The number of aromatic nitrogens is 2. The van der Waals surface area contributed by atoms with Crippen molar-refractivity contribution in [3.63, 3.8) is 0 Å². The number of rotatable bonds is 8. The number of nitrogens with zero attached hydrogens (tertiary/aromatic N) is 2. The monoisotopic (exact) mass is 322 g/mol. The summed E-state index contributed by atoms with van der Waals surface area (Å²) < 4.78 is 5.88. The lowest BCUT2D eigenvalue weighted by molar-refractivity contribution is -0.137. The highest BCUT2D eigenvalue weighted by Crippen LogP contribution is 2.23. The fraction of sp³-hybridized carbons (Fsp3) is 0.688. The van der Waals surface area contributed by atoms with Crippen LogP contribution in [0.15, 0.2) is 12.4 Å². The van der Waals surface area contributed by atoms with Crippen molar-refractivity contribution in [1.82, 2.24) is 9.97 Å². The van der Waals surface area contributed by atoms with E-state index in [9.17, 15) is 4.79 Å². The zero-order valence-corrected chi connectivity index (χ0v) is 13.8. The van der Waals surface area contributed by atoms with Crippen LogP contribution in [0.2, 0.25) is 0 Å². The number of carboxylic acid groups (broad SMARTS) is 1. The maximum absolute atomic E-state index is 10.5. The Morgan fingerprint density at radius 1 is 1.43 bits per heavy atom. The van der Waals surface area contributed by atoms with Crippen LogP contribution in [0.1, 0.15) is 39.5 Å². The van der Waals surface area contributed by atoms with E-state index in [4.69, 9.17) is 9.84 Å². The lowest BCUT2D eigenvalue weighted by Crippen LogP contribution is -2.43. The van der Waals surface area contributed by atoms with E-state index in [0.29, 0.717) is 24.7 Å². The third-order valence-corrected chi connectivity index (χ3v) is 3.90. The molecule has 1 aromatic rings. The Morgan fingerprint density at radius 3 is 2.96 bits per heavy atom. The van der Waals surface area contributed by atoms with Gasteiger partial charge in [-0.1, -0.05) is 13.8 Å². The van der Waals surface area contributed by atoms with Gasteiger partial charge in [0.1, 0.15) is 18.0 Å². The summed E-state index contributed by atoms with van der Waals surface area (Å²) in [5.74, 6) is 1.13. The quantitative estimate of drug-likeness (QED) is 0.632. The van der Waals surface area contributed by atoms with Crippen LogP contribution in [0.5, 0.6) is 0 Å². The molecule has 0 spiro atoms. The van der Waals surface area contributed by atoms with Gasteiger partial charge in [0, 0.05) is 25.6 Å². The molecule has 0 amide bonds. The van der Waals surface area contributed by atoms with E-state index >= 15 is 0 Å². The van der Waals surface area contributed by atoms with Crippen molar-refractivity contribution in [1.29, 1.82) is 0 Å². The zero-order valence-electron chi connectivity index (χ0n) is 13.8. The first-order valence-electron chi connectivity index (χ1n) is 8.22. The molecule has 2 unspecified atom stereocenters. The molecule has 0 saturated carbocycles. The van der Waals surface area contributed by atoms with Gasteiger partial charge < -0.3 is 20.5 Å². The predicted molar refractivity (Wildman–Crippen MR) is 88.6 cm³/mol. The standard InChI is InChI=1S/C16H26N4O3/c1-11(2)16-12(5-4-8-23-16)20-14-9-13(18-10-19-14)17-7-3-6-15(21)22/h9-12,16H,3-8H2,1-2H3,(H,21,22)(H2,17,18,19,20). The van der Waals surface area contributed by atoms with Gasteiger partial charge in [-0.05, 0) is 25.2 Å². The molecule has 23 heavy (non-hydrogen) atoms. The summed E-state index contributed by atoms with van der Waals surface area (Å²) in [4.78, 5) is 18.9. The Hall–Kier alpha value is -1.89. The van der Waals surface area contributed by atoms with Gasteiger partial charge in [-0.25, -0.2) is 9.97 Å². The molecule has 2 heterocycles. The van der Waals surface area contributed by atoms with Crippen molar-refractivity contribution < 1.29 is 14.6 Å². The number of ether oxygens (including phenoxy) is 1. The van der Waals surface area contributed by atoms with E-state index in [2.05, 4.69) is 34.4 Å². The number of nitrogens with one attached hydrogen (secondary N) is 2. The van der Waals surface area contributed by atoms with Gasteiger partial charge in [-0.15, -0.1) is 0 Å². The van der Waals surface area contributed by atoms with E-state index in [1.807, 2.05) is 6.07 Å². The van der Waals surface area contributed by atoms with Gasteiger partial charge in [0.15, 0.2) is 0 Å². The Bertz CT molecular complexity index is 510. The predicted octanol–water partition coefficient (Wildman–Crippen LogP) is 2.37. The average molecular weight is 322 g/mol. The van der Waals surface area contributed by atoms with Crippen molar-refractivity contribution in [2.75, 3.05) is 23.8 Å². The van der Waals surface area contributed by atoms with E-state index in [1.54, 1.807) is 0 Å². The molecule has 7 heteroatoms. The van der Waals surface area contributed by atoms with Crippen molar-refractivity contribution >= 4 is 17.6 Å². The van der Waals surface area contributed by atoms with Crippen LogP contribution in [0.4, 0.5) is 11.6 Å². The van der Waals surface area contributed by atoms with Gasteiger partial charge in [0.2, 0.25) is 0 Å². The highest BCUT2D eigenvalue weighted by Gasteiger charge is 2.28. The minimum absolute atomic E-state index is 0.151. The molecule has 1 aromatic heterocycles. The molecular formula is C16H26N4O3. The second-order valence-corrected chi connectivity index (χ2v) is 6.19. The molecule has 128 valence electrons. The van der Waals surface area contributed by atoms with Gasteiger partial charge in [-0.2, -0.15) is 0 Å². The summed E-state index contributed by atoms with van der Waals surface area (Å²) >= 11 is 0. The van der Waals surface area contributed by atoms with Crippen LogP contribution in [0.3, 0.4) is 0 Å². The molecule has 0 aromatic carbocycles. The fourth-order valence-electron chi connectivity index (χ4n) is 2.79. The van der Waals surface area contributed by atoms with Crippen molar-refractivity contribution in [3.8, 4) is 0 Å². The number of carbonyl (C=O) groups is 1. The normalized spacial score (nSPS) is 21.2. The summed E-state index contributed by atoms with van der Waals surface area (Å²) in [6.45, 7) is 5.73. The second-order valence-electron chi connectivity index (χ2n) is 6.19. The molecule has 0 aliphatic carbocycles. The molecule has 7 nitrogen and oxygen atoms in total. The van der Waals surface area contributed by atoms with Crippen molar-refractivity contribution in [2.45, 2.75) is 51.7 Å². The van der Waals surface area contributed by atoms with Crippen LogP contribution in [-0.2, 0) is 9.53 Å². The van der Waals surface area contributed by atoms with Crippen LogP contribution in [0.25, 0.3) is 0 Å². The summed E-state index contributed by atoms with van der Waals surface area (Å²) in [6, 6.07) is 2.10. The van der Waals surface area contributed by atoms with Crippen LogP contribution >= 0.6 is 0 Å². The molecule has 2 atom stereocenters. The third kappa shape index (κ3) is 5.67. The number of hydrogen-bond acceptors (Lipinski definition) is 6. The largest absolute Gasteiger partial charge is 0.481 e. The van der Waals surface area contributed by atoms with Crippen LogP contribution in [-0.4, -0.2) is 46.3 Å². The number of hydrogen-bond donors (Lipinski definition) is 3. The molecule has 1 saturated heterocycles. The van der Waals surface area contributed by atoms with E-state index in [0.717, 1.165) is 25.3 Å². The van der Waals surface area contributed by atoms with Crippen molar-refractivity contribution in [3.05, 3.63) is 12.4 Å². The zero-order chi connectivity index (χ0) is 16.7. The Labute approximate surface area is 136 Å². The minimum Gasteiger partial charge on any atom is -0.481 e. The summed E-state index contributed by atoms with van der Waals surface area (Å²) in [6.07, 6.45) is 4.52. The molecule has 1 aliphatic rings. The van der Waals surface area contributed by atoms with E-state index in [1.165, 1.54) is 6.33 Å². The summed E-state index contributed by atoms with van der Waals surface area (Å²) in [5.41, 5.74) is 0. The number of aliphatic carboxylic acids is 1. The van der Waals surface area contributed by atoms with Gasteiger partial charge in [0.05, 0.1) is 12.1 Å². The smallest absolute Gasteiger partial charge is 0.303 e. The summed E-state index contributed by atoms with van der Waals surface area (Å²) in [5, 5.41) is 15.2. The maximum Gasteiger partial charge on any atom is 0.303 e. The van der Waals surface area contributed by atoms with Gasteiger partial charge >= 0.3 is 5.97 Å². The molecule has 2 rings (SSSR count). The lowest BCUT2D eigenvalue weighted by atomic mass is 9.94. The second kappa shape index (κ2) is 8.67. The van der Waals surface area contributed by atoms with Gasteiger partial charge in [0.25, 0.3) is 0 Å². The molecular weight excluding hydrogens is 296 g/mol. The minimum atomic E-state index is -0.783. The first-order chi connectivity index (χ1) is 11.1. The maximum atomic E-state index is 10.5. The fourth-order valence-corrected chi connectivity index (χ4v) is 2.79. The topological polar surface area (TPSA) is 96.4 Å². The van der Waals surface area contributed by atoms with E-state index < -0.39 is 5.97 Å². The van der Waals surface area contributed by atoms with Gasteiger partial charge in [-0.3, -0.25) is 4.79 Å². The third-order valence-electron chi connectivity index (χ3n) is 3.90. The highest BCUT2D eigenvalue weighted by molar-refractivity contribution is 5.66. The SMILES string of the molecule is CC(C)C1OCCCC1Nc1cc(NCCCC(=O)O)ncn1. The first kappa shape index (κ1) is 17.5. The molecule has 3 N–H and O–H groups in total. The molecule has 0 bridgehead atoms. The van der Waals surface area contributed by atoms with E-state index in [-0.39, 0.29) is 18.6 Å². The Balaban J connectivity index is 1.89. The number of carboxylic acids is 1. The number of anilines is 2. The first-order valence-corrected chi connectivity index (χ1v) is 8.22. The highest BCUT2D eigenvalue weighted by atomic mass is 16.5. The Kier molecular flexibility index (Phi) is 6.58. The van der Waals surface area contributed by atoms with Crippen LogP contribution < -0.4 is 10.6 Å².